The molecule has 0 saturated carbocycles. The minimum atomic E-state index is 0.190. The fraction of sp³-hybridized carbons (Fsp3) is 0.250. The lowest BCUT2D eigenvalue weighted by Gasteiger charge is -2.32. The molecule has 1 atom stereocenters. The molecular formula is C24H25BrN2O. The highest BCUT2D eigenvalue weighted by Gasteiger charge is 2.25. The van der Waals surface area contributed by atoms with Gasteiger partial charge in [0.1, 0.15) is 11.5 Å². The monoisotopic (exact) mass is 436 g/mol. The standard InChI is InChI=1S/C24H25BrN2O/c25-23-13-5-4-12-22(23)24(27-16-7-14-26-15-17-27)19-8-6-11-21(18-19)28-20-9-2-1-3-10-20/h1-6,8-13,18,24,26H,7,14-17H2. The van der Waals surface area contributed by atoms with E-state index in [4.69, 9.17) is 4.74 Å². The highest BCUT2D eigenvalue weighted by atomic mass is 79.9. The Hall–Kier alpha value is -2.14. The van der Waals surface area contributed by atoms with Crippen LogP contribution in [0.1, 0.15) is 23.6 Å². The fourth-order valence-corrected chi connectivity index (χ4v) is 4.28. The van der Waals surface area contributed by atoms with Crippen molar-refractivity contribution in [2.75, 3.05) is 26.2 Å². The van der Waals surface area contributed by atoms with E-state index >= 15 is 0 Å². The molecule has 0 aliphatic carbocycles. The third-order valence-corrected chi connectivity index (χ3v) is 5.81. The number of ether oxygens (including phenoxy) is 1. The molecule has 0 bridgehead atoms. The summed E-state index contributed by atoms with van der Waals surface area (Å²) in [5.41, 5.74) is 2.54. The van der Waals surface area contributed by atoms with E-state index in [2.05, 4.69) is 68.6 Å². The molecule has 1 unspecified atom stereocenters. The van der Waals surface area contributed by atoms with E-state index in [1.54, 1.807) is 0 Å². The summed E-state index contributed by atoms with van der Waals surface area (Å²) in [5.74, 6) is 1.73. The first-order valence-electron chi connectivity index (χ1n) is 9.83. The van der Waals surface area contributed by atoms with Crippen molar-refractivity contribution < 1.29 is 4.74 Å². The molecule has 1 N–H and O–H groups in total. The van der Waals surface area contributed by atoms with Crippen LogP contribution in [-0.2, 0) is 0 Å². The summed E-state index contributed by atoms with van der Waals surface area (Å²) in [6, 6.07) is 27.2. The van der Waals surface area contributed by atoms with Gasteiger partial charge in [-0.15, -0.1) is 0 Å². The van der Waals surface area contributed by atoms with Crippen LogP contribution in [0, 0.1) is 0 Å². The Balaban J connectivity index is 1.70. The minimum Gasteiger partial charge on any atom is -0.457 e. The smallest absolute Gasteiger partial charge is 0.127 e. The molecule has 0 aromatic heterocycles. The molecule has 3 nitrogen and oxygen atoms in total. The van der Waals surface area contributed by atoms with Gasteiger partial charge in [0.05, 0.1) is 6.04 Å². The topological polar surface area (TPSA) is 24.5 Å². The summed E-state index contributed by atoms with van der Waals surface area (Å²) < 4.78 is 7.25. The van der Waals surface area contributed by atoms with Gasteiger partial charge >= 0.3 is 0 Å². The molecule has 1 heterocycles. The number of benzene rings is 3. The quantitative estimate of drug-likeness (QED) is 0.560. The largest absolute Gasteiger partial charge is 0.457 e. The molecule has 3 aromatic carbocycles. The summed E-state index contributed by atoms with van der Waals surface area (Å²) in [5, 5.41) is 3.52. The van der Waals surface area contributed by atoms with E-state index in [0.29, 0.717) is 0 Å². The zero-order chi connectivity index (χ0) is 19.2. The number of nitrogens with zero attached hydrogens (tertiary/aromatic N) is 1. The normalized spacial score (nSPS) is 16.3. The lowest BCUT2D eigenvalue weighted by atomic mass is 9.96. The molecule has 1 aliphatic heterocycles. The highest BCUT2D eigenvalue weighted by Crippen LogP contribution is 2.35. The lowest BCUT2D eigenvalue weighted by molar-refractivity contribution is 0.240. The molecule has 1 aliphatic rings. The maximum Gasteiger partial charge on any atom is 0.127 e. The van der Waals surface area contributed by atoms with E-state index in [9.17, 15) is 0 Å². The SMILES string of the molecule is Brc1ccccc1C(c1cccc(Oc2ccccc2)c1)N1CCCNCC1. The maximum absolute atomic E-state index is 6.10. The second kappa shape index (κ2) is 9.37. The van der Waals surface area contributed by atoms with Gasteiger partial charge in [0, 0.05) is 24.1 Å². The Kier molecular flexibility index (Phi) is 6.42. The summed E-state index contributed by atoms with van der Waals surface area (Å²) in [6.45, 7) is 4.19. The zero-order valence-corrected chi connectivity index (χ0v) is 17.4. The van der Waals surface area contributed by atoms with Crippen molar-refractivity contribution in [3.63, 3.8) is 0 Å². The molecule has 28 heavy (non-hydrogen) atoms. The molecule has 4 rings (SSSR count). The van der Waals surface area contributed by atoms with Crippen molar-refractivity contribution in [1.82, 2.24) is 10.2 Å². The number of rotatable bonds is 5. The van der Waals surface area contributed by atoms with Crippen molar-refractivity contribution in [3.8, 4) is 11.5 Å². The molecule has 4 heteroatoms. The molecule has 0 amide bonds. The van der Waals surface area contributed by atoms with Crippen molar-refractivity contribution >= 4 is 15.9 Å². The molecule has 1 saturated heterocycles. The first-order valence-corrected chi connectivity index (χ1v) is 10.6. The molecule has 144 valence electrons. The van der Waals surface area contributed by atoms with Gasteiger partial charge in [-0.25, -0.2) is 0 Å². The van der Waals surface area contributed by atoms with Crippen LogP contribution in [0.4, 0.5) is 0 Å². The van der Waals surface area contributed by atoms with Gasteiger partial charge in [0.25, 0.3) is 0 Å². The van der Waals surface area contributed by atoms with Crippen LogP contribution < -0.4 is 10.1 Å². The van der Waals surface area contributed by atoms with Gasteiger partial charge in [0.15, 0.2) is 0 Å². The second-order valence-electron chi connectivity index (χ2n) is 7.05. The van der Waals surface area contributed by atoms with Gasteiger partial charge in [-0.05, 0) is 54.4 Å². The zero-order valence-electron chi connectivity index (χ0n) is 15.9. The van der Waals surface area contributed by atoms with E-state index in [1.807, 2.05) is 36.4 Å². The van der Waals surface area contributed by atoms with Crippen LogP contribution in [0.3, 0.4) is 0 Å². The van der Waals surface area contributed by atoms with Gasteiger partial charge in [0.2, 0.25) is 0 Å². The Bertz CT molecular complexity index is 892. The van der Waals surface area contributed by atoms with Crippen molar-refractivity contribution in [3.05, 3.63) is 94.5 Å². The van der Waals surface area contributed by atoms with Crippen LogP contribution in [0.15, 0.2) is 83.3 Å². The lowest BCUT2D eigenvalue weighted by Crippen LogP contribution is -2.33. The van der Waals surface area contributed by atoms with Crippen LogP contribution in [0.2, 0.25) is 0 Å². The Labute approximate surface area is 175 Å². The second-order valence-corrected chi connectivity index (χ2v) is 7.91. The van der Waals surface area contributed by atoms with E-state index < -0.39 is 0 Å². The van der Waals surface area contributed by atoms with E-state index in [-0.39, 0.29) is 6.04 Å². The van der Waals surface area contributed by atoms with Gasteiger partial charge < -0.3 is 10.1 Å². The first kappa shape index (κ1) is 19.2. The number of para-hydroxylation sites is 1. The molecule has 3 aromatic rings. The third kappa shape index (κ3) is 4.64. The summed E-state index contributed by atoms with van der Waals surface area (Å²) in [4.78, 5) is 2.57. The maximum atomic E-state index is 6.10. The van der Waals surface area contributed by atoms with Crippen LogP contribution >= 0.6 is 15.9 Å². The number of nitrogens with one attached hydrogen (secondary N) is 1. The first-order chi connectivity index (χ1) is 13.8. The van der Waals surface area contributed by atoms with Gasteiger partial charge in [-0.1, -0.05) is 64.5 Å². The average Bonchev–Trinajstić information content (AvgIpc) is 3.00. The summed E-state index contributed by atoms with van der Waals surface area (Å²) in [6.07, 6.45) is 1.15. The molecule has 0 spiro atoms. The van der Waals surface area contributed by atoms with Gasteiger partial charge in [-0.2, -0.15) is 0 Å². The number of hydrogen-bond donors (Lipinski definition) is 1. The fourth-order valence-electron chi connectivity index (χ4n) is 3.78. The van der Waals surface area contributed by atoms with Crippen molar-refractivity contribution in [2.24, 2.45) is 0 Å². The van der Waals surface area contributed by atoms with Crippen LogP contribution in [-0.4, -0.2) is 31.1 Å². The minimum absolute atomic E-state index is 0.190. The predicted molar refractivity (Wildman–Crippen MR) is 118 cm³/mol. The Morgan fingerprint density at radius 1 is 0.821 bits per heavy atom. The third-order valence-electron chi connectivity index (χ3n) is 5.09. The molecular weight excluding hydrogens is 412 g/mol. The van der Waals surface area contributed by atoms with Gasteiger partial charge in [-0.3, -0.25) is 4.90 Å². The average molecular weight is 437 g/mol. The summed E-state index contributed by atoms with van der Waals surface area (Å²) in [7, 11) is 0. The van der Waals surface area contributed by atoms with Crippen molar-refractivity contribution in [2.45, 2.75) is 12.5 Å². The van der Waals surface area contributed by atoms with Crippen LogP contribution in [0.25, 0.3) is 0 Å². The highest BCUT2D eigenvalue weighted by molar-refractivity contribution is 9.10. The molecule has 0 radical (unpaired) electrons. The van der Waals surface area contributed by atoms with E-state index in [0.717, 1.165) is 48.6 Å². The Morgan fingerprint density at radius 2 is 1.61 bits per heavy atom. The van der Waals surface area contributed by atoms with Crippen LogP contribution in [0.5, 0.6) is 11.5 Å². The number of halogens is 1. The van der Waals surface area contributed by atoms with Crippen molar-refractivity contribution in [1.29, 1.82) is 0 Å². The molecule has 1 fully saturated rings. The Morgan fingerprint density at radius 3 is 2.46 bits per heavy atom. The number of hydrogen-bond acceptors (Lipinski definition) is 3. The predicted octanol–water partition coefficient (Wildman–Crippen LogP) is 5.63. The van der Waals surface area contributed by atoms with E-state index in [1.165, 1.54) is 11.1 Å². The summed E-state index contributed by atoms with van der Waals surface area (Å²) >= 11 is 3.78.